The van der Waals surface area contributed by atoms with E-state index in [0.29, 0.717) is 17.9 Å². The molecule has 0 atom stereocenters. The van der Waals surface area contributed by atoms with Crippen LogP contribution in [0.15, 0.2) is 47.1 Å². The van der Waals surface area contributed by atoms with E-state index in [2.05, 4.69) is 5.32 Å². The maximum absolute atomic E-state index is 12.0. The Morgan fingerprint density at radius 1 is 1.20 bits per heavy atom. The minimum absolute atomic E-state index is 0.128. The third-order valence-corrected chi connectivity index (χ3v) is 2.94. The van der Waals surface area contributed by atoms with Crippen LogP contribution in [0.3, 0.4) is 0 Å². The number of rotatable bonds is 4. The zero-order chi connectivity index (χ0) is 14.5. The molecule has 5 heteroatoms. The highest BCUT2D eigenvalue weighted by Gasteiger charge is 2.14. The lowest BCUT2D eigenvalue weighted by Crippen LogP contribution is -2.25. The first kappa shape index (κ1) is 13.9. The molecule has 0 spiro atoms. The minimum atomic E-state index is -0.176. The van der Waals surface area contributed by atoms with Crippen LogP contribution in [-0.4, -0.2) is 30.8 Å². The number of furan rings is 1. The van der Waals surface area contributed by atoms with Crippen LogP contribution in [-0.2, 0) is 6.54 Å². The lowest BCUT2D eigenvalue weighted by atomic mass is 10.1. The summed E-state index contributed by atoms with van der Waals surface area (Å²) in [5, 5.41) is 2.56. The van der Waals surface area contributed by atoms with Gasteiger partial charge in [0.15, 0.2) is 5.76 Å². The Balaban J connectivity index is 2.03. The average molecular weight is 272 g/mol. The first-order valence-electron chi connectivity index (χ1n) is 6.22. The monoisotopic (exact) mass is 272 g/mol. The standard InChI is InChI=1S/C15H16N2O3/c1-16-14(18)12-7-5-11(6-8-12)10-17(2)15(19)13-4-3-9-20-13/h3-9H,10H2,1-2H3,(H,16,18). The van der Waals surface area contributed by atoms with Crippen molar-refractivity contribution in [2.75, 3.05) is 14.1 Å². The summed E-state index contributed by atoms with van der Waals surface area (Å²) in [4.78, 5) is 25.0. The fraction of sp³-hybridized carbons (Fsp3) is 0.200. The van der Waals surface area contributed by atoms with Crippen molar-refractivity contribution >= 4 is 11.8 Å². The Morgan fingerprint density at radius 2 is 1.90 bits per heavy atom. The van der Waals surface area contributed by atoms with E-state index in [1.165, 1.54) is 6.26 Å². The van der Waals surface area contributed by atoms with Gasteiger partial charge in [0.05, 0.1) is 6.26 Å². The van der Waals surface area contributed by atoms with Gasteiger partial charge in [-0.25, -0.2) is 0 Å². The van der Waals surface area contributed by atoms with E-state index in [0.717, 1.165) is 5.56 Å². The van der Waals surface area contributed by atoms with Gasteiger partial charge in [0, 0.05) is 26.2 Å². The normalized spacial score (nSPS) is 10.1. The smallest absolute Gasteiger partial charge is 0.289 e. The molecule has 1 aromatic carbocycles. The SMILES string of the molecule is CNC(=O)c1ccc(CN(C)C(=O)c2ccco2)cc1. The molecule has 104 valence electrons. The summed E-state index contributed by atoms with van der Waals surface area (Å²) in [5.74, 6) is 0.0106. The zero-order valence-electron chi connectivity index (χ0n) is 11.4. The largest absolute Gasteiger partial charge is 0.459 e. The van der Waals surface area contributed by atoms with E-state index in [1.54, 1.807) is 43.3 Å². The van der Waals surface area contributed by atoms with Crippen molar-refractivity contribution in [3.8, 4) is 0 Å². The first-order valence-corrected chi connectivity index (χ1v) is 6.22. The molecule has 20 heavy (non-hydrogen) atoms. The molecule has 0 aliphatic carbocycles. The maximum atomic E-state index is 12.0. The van der Waals surface area contributed by atoms with Gasteiger partial charge < -0.3 is 14.6 Å². The van der Waals surface area contributed by atoms with Gasteiger partial charge in [0.1, 0.15) is 0 Å². The molecular formula is C15H16N2O3. The lowest BCUT2D eigenvalue weighted by molar-refractivity contribution is 0.0753. The quantitative estimate of drug-likeness (QED) is 0.924. The number of nitrogens with zero attached hydrogens (tertiary/aromatic N) is 1. The molecule has 0 aliphatic rings. The summed E-state index contributed by atoms with van der Waals surface area (Å²) in [6.45, 7) is 0.452. The summed E-state index contributed by atoms with van der Waals surface area (Å²) in [6, 6.07) is 10.4. The maximum Gasteiger partial charge on any atom is 0.289 e. The molecule has 2 aromatic rings. The predicted molar refractivity (Wildman–Crippen MR) is 74.3 cm³/mol. The molecule has 1 N–H and O–H groups in total. The summed E-state index contributed by atoms with van der Waals surface area (Å²) in [5.41, 5.74) is 1.54. The molecule has 0 bridgehead atoms. The van der Waals surface area contributed by atoms with E-state index < -0.39 is 0 Å². The Morgan fingerprint density at radius 3 is 2.45 bits per heavy atom. The molecule has 2 amide bonds. The second-order valence-electron chi connectivity index (χ2n) is 4.41. The molecule has 0 radical (unpaired) electrons. The highest BCUT2D eigenvalue weighted by molar-refractivity contribution is 5.94. The zero-order valence-corrected chi connectivity index (χ0v) is 11.4. The Hall–Kier alpha value is -2.56. The van der Waals surface area contributed by atoms with Gasteiger partial charge >= 0.3 is 0 Å². The van der Waals surface area contributed by atoms with Crippen LogP contribution in [0.5, 0.6) is 0 Å². The molecule has 2 rings (SSSR count). The molecular weight excluding hydrogens is 256 g/mol. The van der Waals surface area contributed by atoms with Gasteiger partial charge in [-0.2, -0.15) is 0 Å². The number of hydrogen-bond acceptors (Lipinski definition) is 3. The van der Waals surface area contributed by atoms with Gasteiger partial charge in [-0.1, -0.05) is 12.1 Å². The fourth-order valence-corrected chi connectivity index (χ4v) is 1.84. The summed E-state index contributed by atoms with van der Waals surface area (Å²) < 4.78 is 5.08. The summed E-state index contributed by atoms with van der Waals surface area (Å²) in [6.07, 6.45) is 1.47. The molecule has 1 heterocycles. The van der Waals surface area contributed by atoms with Crippen LogP contribution < -0.4 is 5.32 Å². The van der Waals surface area contributed by atoms with Gasteiger partial charge in [0.25, 0.3) is 11.8 Å². The molecule has 0 unspecified atom stereocenters. The second kappa shape index (κ2) is 6.06. The van der Waals surface area contributed by atoms with Crippen molar-refractivity contribution in [2.24, 2.45) is 0 Å². The summed E-state index contributed by atoms with van der Waals surface area (Å²) in [7, 11) is 3.30. The average Bonchev–Trinajstić information content (AvgIpc) is 3.00. The molecule has 0 fully saturated rings. The molecule has 1 aromatic heterocycles. The van der Waals surface area contributed by atoms with Crippen molar-refractivity contribution < 1.29 is 14.0 Å². The van der Waals surface area contributed by atoms with Crippen molar-refractivity contribution in [3.63, 3.8) is 0 Å². The Kier molecular flexibility index (Phi) is 4.20. The van der Waals surface area contributed by atoms with Crippen LogP contribution in [0.25, 0.3) is 0 Å². The van der Waals surface area contributed by atoms with Crippen LogP contribution in [0, 0.1) is 0 Å². The number of benzene rings is 1. The second-order valence-corrected chi connectivity index (χ2v) is 4.41. The highest BCUT2D eigenvalue weighted by atomic mass is 16.3. The van der Waals surface area contributed by atoms with E-state index in [-0.39, 0.29) is 11.8 Å². The third kappa shape index (κ3) is 3.06. The predicted octanol–water partition coefficient (Wildman–Crippen LogP) is 1.91. The molecule has 0 saturated carbocycles. The third-order valence-electron chi connectivity index (χ3n) is 2.94. The van der Waals surface area contributed by atoms with E-state index in [4.69, 9.17) is 4.42 Å². The van der Waals surface area contributed by atoms with Crippen molar-refractivity contribution in [1.82, 2.24) is 10.2 Å². The Labute approximate surface area is 117 Å². The summed E-state index contributed by atoms with van der Waals surface area (Å²) >= 11 is 0. The van der Waals surface area contributed by atoms with Gasteiger partial charge in [-0.05, 0) is 29.8 Å². The van der Waals surface area contributed by atoms with Gasteiger partial charge in [0.2, 0.25) is 0 Å². The topological polar surface area (TPSA) is 62.6 Å². The number of carbonyl (C=O) groups excluding carboxylic acids is 2. The van der Waals surface area contributed by atoms with Gasteiger partial charge in [-0.15, -0.1) is 0 Å². The molecule has 0 saturated heterocycles. The van der Waals surface area contributed by atoms with Crippen molar-refractivity contribution in [3.05, 3.63) is 59.5 Å². The molecule has 0 aliphatic heterocycles. The minimum Gasteiger partial charge on any atom is -0.459 e. The van der Waals surface area contributed by atoms with E-state index >= 15 is 0 Å². The van der Waals surface area contributed by atoms with E-state index in [1.807, 2.05) is 12.1 Å². The van der Waals surface area contributed by atoms with Crippen molar-refractivity contribution in [2.45, 2.75) is 6.54 Å². The number of carbonyl (C=O) groups is 2. The highest BCUT2D eigenvalue weighted by Crippen LogP contribution is 2.10. The fourth-order valence-electron chi connectivity index (χ4n) is 1.84. The first-order chi connectivity index (χ1) is 9.61. The van der Waals surface area contributed by atoms with Crippen LogP contribution in [0.2, 0.25) is 0 Å². The lowest BCUT2D eigenvalue weighted by Gasteiger charge is -2.16. The van der Waals surface area contributed by atoms with Crippen LogP contribution in [0.1, 0.15) is 26.5 Å². The Bertz CT molecular complexity index is 588. The molecule has 5 nitrogen and oxygen atoms in total. The van der Waals surface area contributed by atoms with Crippen molar-refractivity contribution in [1.29, 1.82) is 0 Å². The van der Waals surface area contributed by atoms with E-state index in [9.17, 15) is 9.59 Å². The van der Waals surface area contributed by atoms with Gasteiger partial charge in [-0.3, -0.25) is 9.59 Å². The number of amides is 2. The number of nitrogens with one attached hydrogen (secondary N) is 1. The number of hydrogen-bond donors (Lipinski definition) is 1. The van der Waals surface area contributed by atoms with Crippen LogP contribution >= 0.6 is 0 Å². The van der Waals surface area contributed by atoms with Crippen LogP contribution in [0.4, 0.5) is 0 Å².